The number of ether oxygens (including phenoxy) is 1. The molecule has 0 aliphatic carbocycles. The van der Waals surface area contributed by atoms with Crippen LogP contribution in [0.3, 0.4) is 0 Å². The third-order valence-corrected chi connectivity index (χ3v) is 5.41. The second kappa shape index (κ2) is 11.0. The van der Waals surface area contributed by atoms with Crippen LogP contribution in [0.2, 0.25) is 0 Å². The van der Waals surface area contributed by atoms with Crippen molar-refractivity contribution in [3.05, 3.63) is 30.3 Å². The van der Waals surface area contributed by atoms with E-state index in [-0.39, 0.29) is 42.2 Å². The van der Waals surface area contributed by atoms with Gasteiger partial charge in [-0.3, -0.25) is 4.79 Å². The van der Waals surface area contributed by atoms with Gasteiger partial charge in [0.25, 0.3) is 0 Å². The summed E-state index contributed by atoms with van der Waals surface area (Å²) in [5.74, 6) is 0.184. The van der Waals surface area contributed by atoms with E-state index in [1.54, 1.807) is 7.11 Å². The van der Waals surface area contributed by atoms with Crippen molar-refractivity contribution in [1.82, 2.24) is 10.6 Å². The van der Waals surface area contributed by atoms with Crippen LogP contribution in [0.15, 0.2) is 30.3 Å². The average Bonchev–Trinajstić information content (AvgIpc) is 2.64. The SMILES string of the molecule is COCC1(C(=O)NC2CCN(c3ccccc3)CC2)CCNCC1.Cl.Cl. The molecule has 0 radical (unpaired) electrons. The van der Waals surface area contributed by atoms with Crippen LogP contribution < -0.4 is 15.5 Å². The minimum absolute atomic E-state index is 0. The van der Waals surface area contributed by atoms with E-state index >= 15 is 0 Å². The third kappa shape index (κ3) is 5.49. The third-order valence-electron chi connectivity index (χ3n) is 5.41. The smallest absolute Gasteiger partial charge is 0.228 e. The van der Waals surface area contributed by atoms with Crippen molar-refractivity contribution >= 4 is 36.4 Å². The summed E-state index contributed by atoms with van der Waals surface area (Å²) < 4.78 is 5.37. The molecule has 26 heavy (non-hydrogen) atoms. The molecule has 0 bridgehead atoms. The summed E-state index contributed by atoms with van der Waals surface area (Å²) in [6.07, 6.45) is 3.72. The first-order valence-electron chi connectivity index (χ1n) is 9.04. The molecule has 3 rings (SSSR count). The predicted molar refractivity (Wildman–Crippen MR) is 111 cm³/mol. The normalized spacial score (nSPS) is 19.8. The number of hydrogen-bond donors (Lipinski definition) is 2. The Morgan fingerprint density at radius 2 is 1.81 bits per heavy atom. The Labute approximate surface area is 169 Å². The Morgan fingerprint density at radius 3 is 2.38 bits per heavy atom. The Hall–Kier alpha value is -1.01. The zero-order valence-corrected chi connectivity index (χ0v) is 17.0. The Kier molecular flexibility index (Phi) is 9.72. The molecule has 0 saturated carbocycles. The highest BCUT2D eigenvalue weighted by molar-refractivity contribution is 5.85. The van der Waals surface area contributed by atoms with Gasteiger partial charge in [0.1, 0.15) is 0 Å². The Balaban J connectivity index is 0.00000169. The lowest BCUT2D eigenvalue weighted by atomic mass is 9.78. The molecule has 5 nitrogen and oxygen atoms in total. The summed E-state index contributed by atoms with van der Waals surface area (Å²) in [4.78, 5) is 15.3. The van der Waals surface area contributed by atoms with E-state index < -0.39 is 0 Å². The number of carbonyl (C=O) groups excluding carboxylic acids is 1. The van der Waals surface area contributed by atoms with E-state index in [2.05, 4.69) is 39.8 Å². The summed E-state index contributed by atoms with van der Waals surface area (Å²) in [5, 5.41) is 6.65. The van der Waals surface area contributed by atoms with Crippen LogP contribution in [0, 0.1) is 5.41 Å². The molecule has 2 aliphatic heterocycles. The maximum absolute atomic E-state index is 12.9. The van der Waals surface area contributed by atoms with Crippen molar-refractivity contribution < 1.29 is 9.53 Å². The molecule has 1 amide bonds. The molecule has 2 aliphatic rings. The molecule has 0 unspecified atom stereocenters. The van der Waals surface area contributed by atoms with Gasteiger partial charge in [-0.05, 0) is 50.9 Å². The van der Waals surface area contributed by atoms with Crippen LogP contribution in [0.1, 0.15) is 25.7 Å². The number of amides is 1. The van der Waals surface area contributed by atoms with E-state index in [0.29, 0.717) is 6.61 Å². The predicted octanol–water partition coefficient (Wildman–Crippen LogP) is 2.63. The highest BCUT2D eigenvalue weighted by Crippen LogP contribution is 2.30. The van der Waals surface area contributed by atoms with Crippen LogP contribution in [-0.2, 0) is 9.53 Å². The molecule has 2 fully saturated rings. The summed E-state index contributed by atoms with van der Waals surface area (Å²) >= 11 is 0. The first kappa shape index (κ1) is 23.0. The zero-order valence-electron chi connectivity index (χ0n) is 15.4. The average molecular weight is 404 g/mol. The standard InChI is InChI=1S/C19H29N3O2.2ClH/c1-24-15-19(9-11-20-12-10-19)18(23)21-16-7-13-22(14-8-16)17-5-3-2-4-6-17;;/h2-6,16,20H,7-15H2,1H3,(H,21,23);2*1H. The van der Waals surface area contributed by atoms with Gasteiger partial charge in [0.2, 0.25) is 5.91 Å². The first-order chi connectivity index (χ1) is 11.7. The van der Waals surface area contributed by atoms with Gasteiger partial charge in [0, 0.05) is 31.9 Å². The van der Waals surface area contributed by atoms with Gasteiger partial charge in [-0.1, -0.05) is 18.2 Å². The fraction of sp³-hybridized carbons (Fsp3) is 0.632. The Morgan fingerprint density at radius 1 is 1.19 bits per heavy atom. The molecule has 0 atom stereocenters. The summed E-state index contributed by atoms with van der Waals surface area (Å²) in [6, 6.07) is 10.8. The minimum atomic E-state index is -0.351. The highest BCUT2D eigenvalue weighted by atomic mass is 35.5. The van der Waals surface area contributed by atoms with Crippen molar-refractivity contribution in [3.63, 3.8) is 0 Å². The number of anilines is 1. The number of piperidine rings is 2. The van der Waals surface area contributed by atoms with Crippen LogP contribution in [0.25, 0.3) is 0 Å². The molecule has 1 aromatic rings. The van der Waals surface area contributed by atoms with Crippen LogP contribution in [-0.4, -0.2) is 51.8 Å². The maximum Gasteiger partial charge on any atom is 0.228 e. The number of hydrogen-bond acceptors (Lipinski definition) is 4. The first-order valence-corrected chi connectivity index (χ1v) is 9.04. The van der Waals surface area contributed by atoms with Gasteiger partial charge < -0.3 is 20.3 Å². The minimum Gasteiger partial charge on any atom is -0.384 e. The second-order valence-corrected chi connectivity index (χ2v) is 7.03. The molecule has 2 saturated heterocycles. The molecule has 0 aromatic heterocycles. The fourth-order valence-corrected chi connectivity index (χ4v) is 3.88. The van der Waals surface area contributed by atoms with Gasteiger partial charge in [0.05, 0.1) is 12.0 Å². The number of nitrogens with zero attached hydrogens (tertiary/aromatic N) is 1. The van der Waals surface area contributed by atoms with Crippen molar-refractivity contribution in [3.8, 4) is 0 Å². The number of nitrogens with one attached hydrogen (secondary N) is 2. The molecule has 7 heteroatoms. The molecule has 2 heterocycles. The molecule has 148 valence electrons. The summed E-state index contributed by atoms with van der Waals surface area (Å²) in [5.41, 5.74) is 0.924. The lowest BCUT2D eigenvalue weighted by Crippen LogP contribution is -2.54. The van der Waals surface area contributed by atoms with E-state index in [1.807, 2.05) is 6.07 Å². The number of benzene rings is 1. The van der Waals surface area contributed by atoms with E-state index in [4.69, 9.17) is 4.74 Å². The molecular formula is C19H31Cl2N3O2. The van der Waals surface area contributed by atoms with Crippen LogP contribution >= 0.6 is 24.8 Å². The number of rotatable bonds is 5. The number of methoxy groups -OCH3 is 1. The van der Waals surface area contributed by atoms with Gasteiger partial charge >= 0.3 is 0 Å². The van der Waals surface area contributed by atoms with Crippen molar-refractivity contribution in [2.45, 2.75) is 31.7 Å². The van der Waals surface area contributed by atoms with Gasteiger partial charge in [-0.25, -0.2) is 0 Å². The molecular weight excluding hydrogens is 373 g/mol. The summed E-state index contributed by atoms with van der Waals surface area (Å²) in [7, 11) is 1.69. The number of para-hydroxylation sites is 1. The van der Waals surface area contributed by atoms with Crippen LogP contribution in [0.4, 0.5) is 5.69 Å². The topological polar surface area (TPSA) is 53.6 Å². The number of carbonyl (C=O) groups is 1. The van der Waals surface area contributed by atoms with Crippen molar-refractivity contribution in [1.29, 1.82) is 0 Å². The second-order valence-electron chi connectivity index (χ2n) is 7.03. The lowest BCUT2D eigenvalue weighted by Gasteiger charge is -2.39. The maximum atomic E-state index is 12.9. The quantitative estimate of drug-likeness (QED) is 0.793. The lowest BCUT2D eigenvalue weighted by molar-refractivity contribution is -0.137. The van der Waals surface area contributed by atoms with Gasteiger partial charge in [-0.2, -0.15) is 0 Å². The zero-order chi connectivity index (χ0) is 16.8. The monoisotopic (exact) mass is 403 g/mol. The van der Waals surface area contributed by atoms with E-state index in [1.165, 1.54) is 5.69 Å². The molecule has 0 spiro atoms. The van der Waals surface area contributed by atoms with E-state index in [0.717, 1.165) is 51.9 Å². The van der Waals surface area contributed by atoms with E-state index in [9.17, 15) is 4.79 Å². The molecule has 1 aromatic carbocycles. The fourth-order valence-electron chi connectivity index (χ4n) is 3.88. The van der Waals surface area contributed by atoms with Gasteiger partial charge in [0.15, 0.2) is 0 Å². The largest absolute Gasteiger partial charge is 0.384 e. The Bertz CT molecular complexity index is 525. The number of halogens is 2. The summed E-state index contributed by atoms with van der Waals surface area (Å²) in [6.45, 7) is 4.29. The molecule has 2 N–H and O–H groups in total. The highest BCUT2D eigenvalue weighted by Gasteiger charge is 2.40. The van der Waals surface area contributed by atoms with Crippen molar-refractivity contribution in [2.75, 3.05) is 44.8 Å². The van der Waals surface area contributed by atoms with Gasteiger partial charge in [-0.15, -0.1) is 24.8 Å². The van der Waals surface area contributed by atoms with Crippen molar-refractivity contribution in [2.24, 2.45) is 5.41 Å². The van der Waals surface area contributed by atoms with Crippen LogP contribution in [0.5, 0.6) is 0 Å².